The lowest BCUT2D eigenvalue weighted by molar-refractivity contribution is 0.275. The molecule has 6 heteroatoms. The molecule has 3 rings (SSSR count). The van der Waals surface area contributed by atoms with E-state index in [1.54, 1.807) is 14.2 Å². The summed E-state index contributed by atoms with van der Waals surface area (Å²) in [4.78, 5) is 0. The Balaban J connectivity index is 1.89. The summed E-state index contributed by atoms with van der Waals surface area (Å²) >= 11 is 6.45. The first-order chi connectivity index (χ1) is 15.6. The molecule has 0 aliphatic rings. The summed E-state index contributed by atoms with van der Waals surface area (Å²) in [7, 11) is 1.61. The van der Waals surface area contributed by atoms with Crippen LogP contribution in [0.2, 0.25) is 23.2 Å². The maximum absolute atomic E-state index is 6.45. The van der Waals surface area contributed by atoms with Gasteiger partial charge in [-0.15, -0.1) is 0 Å². The number of aromatic nitrogens is 1. The Labute approximate surface area is 204 Å². The van der Waals surface area contributed by atoms with Crippen LogP contribution in [0.5, 0.6) is 11.5 Å². The first kappa shape index (κ1) is 25.4. The molecule has 4 nitrogen and oxygen atoms in total. The molecule has 0 saturated carbocycles. The van der Waals surface area contributed by atoms with E-state index in [1.165, 1.54) is 5.52 Å². The lowest BCUT2D eigenvalue weighted by Gasteiger charge is -2.36. The van der Waals surface area contributed by atoms with Gasteiger partial charge in [-0.25, -0.2) is 0 Å². The van der Waals surface area contributed by atoms with Gasteiger partial charge < -0.3 is 18.5 Å². The lowest BCUT2D eigenvalue weighted by atomic mass is 10.1. The summed E-state index contributed by atoms with van der Waals surface area (Å²) in [6, 6.07) is 14.1. The molecule has 178 valence electrons. The summed E-state index contributed by atoms with van der Waals surface area (Å²) in [5.74, 6) is 1.61. The quantitative estimate of drug-likeness (QED) is 0.228. The fourth-order valence-corrected chi connectivity index (χ4v) is 4.89. The molecule has 0 atom stereocenters. The molecule has 3 aromatic rings. The third kappa shape index (κ3) is 5.83. The predicted molar refractivity (Wildman–Crippen MR) is 143 cm³/mol. The van der Waals surface area contributed by atoms with Crippen molar-refractivity contribution in [3.05, 3.63) is 58.7 Å². The van der Waals surface area contributed by atoms with Crippen LogP contribution in [0.25, 0.3) is 23.1 Å². The van der Waals surface area contributed by atoms with Gasteiger partial charge in [-0.3, -0.25) is 0 Å². The molecule has 1 aromatic heterocycles. The van der Waals surface area contributed by atoms with E-state index in [-0.39, 0.29) is 5.04 Å². The van der Waals surface area contributed by atoms with Gasteiger partial charge in [0.25, 0.3) is 0 Å². The SMILES string of the molecule is COc1ccc2c(c1)cc(/C=C/c1c(Cl)cccc1OC)n2CCCO[Si](C)(C)C(C)(C)C. The van der Waals surface area contributed by atoms with E-state index in [0.29, 0.717) is 5.02 Å². The third-order valence-corrected chi connectivity index (χ3v) is 11.5. The van der Waals surface area contributed by atoms with Crippen LogP contribution in [-0.4, -0.2) is 33.7 Å². The van der Waals surface area contributed by atoms with Crippen LogP contribution in [0.15, 0.2) is 42.5 Å². The molecule has 2 aromatic carbocycles. The Morgan fingerprint density at radius 2 is 1.76 bits per heavy atom. The van der Waals surface area contributed by atoms with E-state index in [0.717, 1.165) is 47.7 Å². The van der Waals surface area contributed by atoms with Crippen LogP contribution in [0.4, 0.5) is 0 Å². The van der Waals surface area contributed by atoms with Crippen LogP contribution in [0.3, 0.4) is 0 Å². The van der Waals surface area contributed by atoms with Gasteiger partial charge >= 0.3 is 0 Å². The van der Waals surface area contributed by atoms with Crippen molar-refractivity contribution in [3.63, 3.8) is 0 Å². The molecule has 0 spiro atoms. The summed E-state index contributed by atoms with van der Waals surface area (Å²) in [5.41, 5.74) is 3.15. The molecule has 0 N–H and O–H groups in total. The standard InChI is InChI=1S/C27H36ClNO3Si/c1-27(2,3)33(6,7)32-17-9-16-29-21(18-20-19-22(30-4)13-15-25(20)29)12-14-23-24(28)10-8-11-26(23)31-5/h8,10-15,18-19H,9,16-17H2,1-7H3/b14-12+. The van der Waals surface area contributed by atoms with Gasteiger partial charge in [-0.05, 0) is 73.1 Å². The average molecular weight is 486 g/mol. The highest BCUT2D eigenvalue weighted by Gasteiger charge is 2.36. The minimum absolute atomic E-state index is 0.214. The molecule has 33 heavy (non-hydrogen) atoms. The van der Waals surface area contributed by atoms with E-state index < -0.39 is 8.32 Å². The van der Waals surface area contributed by atoms with Crippen LogP contribution < -0.4 is 9.47 Å². The molecular weight excluding hydrogens is 450 g/mol. The van der Waals surface area contributed by atoms with Crippen LogP contribution in [0, 0.1) is 0 Å². The van der Waals surface area contributed by atoms with Crippen LogP contribution in [0.1, 0.15) is 38.4 Å². The number of ether oxygens (including phenoxy) is 2. The van der Waals surface area contributed by atoms with Gasteiger partial charge in [0, 0.05) is 35.3 Å². The van der Waals surface area contributed by atoms with Crippen LogP contribution >= 0.6 is 11.6 Å². The maximum atomic E-state index is 6.45. The lowest BCUT2D eigenvalue weighted by Crippen LogP contribution is -2.41. The van der Waals surface area contributed by atoms with Crippen molar-refractivity contribution in [1.29, 1.82) is 0 Å². The number of rotatable bonds is 9. The van der Waals surface area contributed by atoms with Gasteiger partial charge in [0.15, 0.2) is 8.32 Å². The monoisotopic (exact) mass is 485 g/mol. The zero-order chi connectivity index (χ0) is 24.2. The van der Waals surface area contributed by atoms with Crippen molar-refractivity contribution < 1.29 is 13.9 Å². The van der Waals surface area contributed by atoms with E-state index in [1.807, 2.05) is 30.3 Å². The van der Waals surface area contributed by atoms with Crippen molar-refractivity contribution in [2.24, 2.45) is 0 Å². The molecule has 0 bridgehead atoms. The average Bonchev–Trinajstić information content (AvgIpc) is 3.11. The molecule has 0 radical (unpaired) electrons. The fraction of sp³-hybridized carbons (Fsp3) is 0.407. The normalized spacial score (nSPS) is 12.6. The van der Waals surface area contributed by atoms with E-state index >= 15 is 0 Å². The molecule has 1 heterocycles. The maximum Gasteiger partial charge on any atom is 0.191 e. The van der Waals surface area contributed by atoms with Crippen molar-refractivity contribution in [1.82, 2.24) is 4.57 Å². The highest BCUT2D eigenvalue weighted by molar-refractivity contribution is 6.74. The topological polar surface area (TPSA) is 32.6 Å². The van der Waals surface area contributed by atoms with E-state index in [4.69, 9.17) is 25.5 Å². The number of hydrogen-bond acceptors (Lipinski definition) is 3. The molecule has 0 amide bonds. The van der Waals surface area contributed by atoms with Crippen LogP contribution in [-0.2, 0) is 11.0 Å². The molecule has 0 unspecified atom stereocenters. The second-order valence-electron chi connectivity index (χ2n) is 9.80. The Morgan fingerprint density at radius 3 is 2.42 bits per heavy atom. The Bertz CT molecular complexity index is 1130. The predicted octanol–water partition coefficient (Wildman–Crippen LogP) is 7.89. The van der Waals surface area contributed by atoms with Crippen molar-refractivity contribution >= 4 is 43.0 Å². The zero-order valence-electron chi connectivity index (χ0n) is 20.9. The number of nitrogens with zero attached hydrogens (tertiary/aromatic N) is 1. The fourth-order valence-electron chi connectivity index (χ4n) is 3.58. The minimum atomic E-state index is -1.75. The largest absolute Gasteiger partial charge is 0.497 e. The Kier molecular flexibility index (Phi) is 7.99. The zero-order valence-corrected chi connectivity index (χ0v) is 22.6. The van der Waals surface area contributed by atoms with Gasteiger partial charge in [-0.1, -0.05) is 38.4 Å². The van der Waals surface area contributed by atoms with Gasteiger partial charge in [0.05, 0.1) is 19.2 Å². The van der Waals surface area contributed by atoms with Crippen molar-refractivity contribution in [2.45, 2.75) is 51.9 Å². The minimum Gasteiger partial charge on any atom is -0.497 e. The molecule has 0 aliphatic heterocycles. The first-order valence-electron chi connectivity index (χ1n) is 11.4. The highest BCUT2D eigenvalue weighted by atomic mass is 35.5. The van der Waals surface area contributed by atoms with Gasteiger partial charge in [0.2, 0.25) is 0 Å². The third-order valence-electron chi connectivity index (χ3n) is 6.59. The number of aryl methyl sites for hydroxylation is 1. The Morgan fingerprint density at radius 1 is 1.00 bits per heavy atom. The van der Waals surface area contributed by atoms with Gasteiger partial charge in [-0.2, -0.15) is 0 Å². The van der Waals surface area contributed by atoms with Crippen molar-refractivity contribution in [3.8, 4) is 11.5 Å². The number of benzene rings is 2. The number of hydrogen-bond donors (Lipinski definition) is 0. The molecule has 0 aliphatic carbocycles. The second-order valence-corrected chi connectivity index (χ2v) is 15.0. The number of halogens is 1. The van der Waals surface area contributed by atoms with Gasteiger partial charge in [0.1, 0.15) is 11.5 Å². The summed E-state index contributed by atoms with van der Waals surface area (Å²) < 4.78 is 19.7. The smallest absolute Gasteiger partial charge is 0.191 e. The highest BCUT2D eigenvalue weighted by Crippen LogP contribution is 2.36. The first-order valence-corrected chi connectivity index (χ1v) is 14.7. The Hall–Kier alpha value is -2.21. The second kappa shape index (κ2) is 10.4. The molecule has 0 saturated heterocycles. The van der Waals surface area contributed by atoms with E-state index in [9.17, 15) is 0 Å². The molecule has 0 fully saturated rings. The van der Waals surface area contributed by atoms with E-state index in [2.05, 4.69) is 62.7 Å². The van der Waals surface area contributed by atoms with Crippen molar-refractivity contribution in [2.75, 3.05) is 20.8 Å². The molecular formula is C27H36ClNO3Si. The summed E-state index contributed by atoms with van der Waals surface area (Å²) in [6.45, 7) is 13.1. The number of fused-ring (bicyclic) bond motifs is 1. The number of methoxy groups -OCH3 is 2. The summed E-state index contributed by atoms with van der Waals surface area (Å²) in [5, 5.41) is 2.02. The summed E-state index contributed by atoms with van der Waals surface area (Å²) in [6.07, 6.45) is 5.07.